The van der Waals surface area contributed by atoms with E-state index < -0.39 is 24.0 Å². The Bertz CT molecular complexity index is 1980. The largest absolute Gasteiger partial charge is 0.465 e. The van der Waals surface area contributed by atoms with Crippen LogP contribution in [0, 0.1) is 5.82 Å². The number of amides is 3. The summed E-state index contributed by atoms with van der Waals surface area (Å²) >= 11 is 12.6. The zero-order chi connectivity index (χ0) is 39.8. The van der Waals surface area contributed by atoms with Crippen molar-refractivity contribution >= 4 is 47.0 Å². The van der Waals surface area contributed by atoms with Crippen LogP contribution in [0.15, 0.2) is 84.9 Å². The molecule has 1 heterocycles. The van der Waals surface area contributed by atoms with Crippen LogP contribution in [0.4, 0.5) is 19.7 Å². The number of carbonyl (C=O) groups excluding carboxylic acids is 2. The van der Waals surface area contributed by atoms with Crippen molar-refractivity contribution in [1.82, 2.24) is 20.4 Å². The van der Waals surface area contributed by atoms with Crippen LogP contribution in [0.2, 0.25) is 10.0 Å². The van der Waals surface area contributed by atoms with Crippen molar-refractivity contribution in [3.63, 3.8) is 0 Å². The number of anilines is 1. The van der Waals surface area contributed by atoms with Gasteiger partial charge in [-0.2, -0.15) is 0 Å². The predicted molar refractivity (Wildman–Crippen MR) is 215 cm³/mol. The molecule has 1 saturated heterocycles. The van der Waals surface area contributed by atoms with Gasteiger partial charge < -0.3 is 35.0 Å². The molecule has 4 aromatic rings. The lowest BCUT2D eigenvalue weighted by atomic mass is 9.98. The zero-order valence-electron chi connectivity index (χ0n) is 31.4. The Morgan fingerprint density at radius 2 is 1.59 bits per heavy atom. The zero-order valence-corrected chi connectivity index (χ0v) is 32.9. The molecule has 14 heteroatoms. The first-order valence-corrected chi connectivity index (χ1v) is 19.4. The number of halogens is 3. The van der Waals surface area contributed by atoms with Gasteiger partial charge in [-0.05, 0) is 77.1 Å². The molecule has 1 fully saturated rings. The molecule has 0 aromatic heterocycles. The number of piperazine rings is 1. The molecule has 2 unspecified atom stereocenters. The number of carboxylic acid groups (broad SMARTS) is 1. The predicted octanol–water partition coefficient (Wildman–Crippen LogP) is 7.04. The van der Waals surface area contributed by atoms with Crippen LogP contribution in [0.25, 0.3) is 11.1 Å². The van der Waals surface area contributed by atoms with Crippen molar-refractivity contribution in [2.45, 2.75) is 37.9 Å². The second-order valence-corrected chi connectivity index (χ2v) is 14.8. The average Bonchev–Trinajstić information content (AvgIpc) is 3.51. The second kappa shape index (κ2) is 18.8. The molecule has 3 N–H and O–H groups in total. The Balaban J connectivity index is 1.14. The number of benzene rings is 4. The molecule has 0 saturated carbocycles. The summed E-state index contributed by atoms with van der Waals surface area (Å²) in [6.45, 7) is 4.36. The molecule has 11 nitrogen and oxygen atoms in total. The highest BCUT2D eigenvalue weighted by molar-refractivity contribution is 6.35. The monoisotopic (exact) mass is 805 g/mol. The van der Waals surface area contributed by atoms with Gasteiger partial charge in [0.05, 0.1) is 25.2 Å². The second-order valence-electron chi connectivity index (χ2n) is 14.0. The summed E-state index contributed by atoms with van der Waals surface area (Å²) in [5.74, 6) is -0.703. The van der Waals surface area contributed by atoms with Crippen LogP contribution in [0.3, 0.4) is 0 Å². The van der Waals surface area contributed by atoms with E-state index in [1.54, 1.807) is 41.2 Å². The standard InChI is InChI=1S/C42H46Cl2FN5O6/c1-27(25-55-2)50(42(54)56-26-36-34-9-5-3-7-32(34)33-8-4-6-10-35(33)36)24-29-21-31(45)13-14-39(29)48-17-19-49(20-18-48)40(51)38(46-15-16-47-41(52)53)22-28-11-12-30(43)23-37(28)44/h3-14,21,23,27,36,38,46-47H,15-20,22,24-26H2,1-2H3,(H,52,53). The van der Waals surface area contributed by atoms with Gasteiger partial charge in [0.15, 0.2) is 0 Å². The quantitative estimate of drug-likeness (QED) is 0.110. The lowest BCUT2D eigenvalue weighted by Gasteiger charge is -2.39. The van der Waals surface area contributed by atoms with Crippen LogP contribution in [-0.4, -0.2) is 105 Å². The van der Waals surface area contributed by atoms with Gasteiger partial charge in [0, 0.05) is 68.0 Å². The summed E-state index contributed by atoms with van der Waals surface area (Å²) in [7, 11) is 1.57. The van der Waals surface area contributed by atoms with Gasteiger partial charge >= 0.3 is 12.2 Å². The van der Waals surface area contributed by atoms with E-state index in [1.807, 2.05) is 31.2 Å². The summed E-state index contributed by atoms with van der Waals surface area (Å²) in [5.41, 5.74) is 6.55. The van der Waals surface area contributed by atoms with Crippen molar-refractivity contribution in [3.8, 4) is 11.1 Å². The Kier molecular flexibility index (Phi) is 13.7. The van der Waals surface area contributed by atoms with Crippen molar-refractivity contribution < 1.29 is 33.4 Å². The van der Waals surface area contributed by atoms with E-state index in [0.29, 0.717) is 41.8 Å². The van der Waals surface area contributed by atoms with Gasteiger partial charge in [-0.1, -0.05) is 77.8 Å². The summed E-state index contributed by atoms with van der Waals surface area (Å²) in [5, 5.41) is 15.4. The number of rotatable bonds is 15. The molecule has 2 atom stereocenters. The van der Waals surface area contributed by atoms with Gasteiger partial charge in [-0.3, -0.25) is 9.69 Å². The molecular weight excluding hydrogens is 760 g/mol. The third-order valence-corrected chi connectivity index (χ3v) is 10.9. The SMILES string of the molecule is COCC(C)N(Cc1cc(F)ccc1N1CCN(C(=O)C(Cc2ccc(Cl)cc2Cl)NCCNC(=O)O)CC1)C(=O)OCC1c2ccccc2-c2ccccc21. The van der Waals surface area contributed by atoms with E-state index in [4.69, 9.17) is 37.8 Å². The first-order chi connectivity index (χ1) is 27.0. The molecule has 0 bridgehead atoms. The van der Waals surface area contributed by atoms with Crippen molar-refractivity contribution in [2.24, 2.45) is 0 Å². The Labute approximate surface area is 336 Å². The van der Waals surface area contributed by atoms with E-state index in [-0.39, 0.29) is 57.1 Å². The number of hydrogen-bond acceptors (Lipinski definition) is 7. The highest BCUT2D eigenvalue weighted by atomic mass is 35.5. The molecule has 1 aliphatic heterocycles. The van der Waals surface area contributed by atoms with Crippen molar-refractivity contribution in [3.05, 3.63) is 123 Å². The summed E-state index contributed by atoms with van der Waals surface area (Å²) in [4.78, 5) is 44.3. The first-order valence-electron chi connectivity index (χ1n) is 18.6. The van der Waals surface area contributed by atoms with Crippen molar-refractivity contribution in [1.29, 1.82) is 0 Å². The lowest BCUT2D eigenvalue weighted by molar-refractivity contribution is -0.133. The fourth-order valence-electron chi connectivity index (χ4n) is 7.54. The molecular formula is C42H46Cl2FN5O6. The van der Waals surface area contributed by atoms with E-state index in [0.717, 1.165) is 33.5 Å². The van der Waals surface area contributed by atoms with Gasteiger partial charge in [-0.25, -0.2) is 14.0 Å². The summed E-state index contributed by atoms with van der Waals surface area (Å²) in [6.07, 6.45) is -1.41. The van der Waals surface area contributed by atoms with Crippen molar-refractivity contribution in [2.75, 3.05) is 64.5 Å². The highest BCUT2D eigenvalue weighted by Gasteiger charge is 2.32. The maximum Gasteiger partial charge on any atom is 0.410 e. The Morgan fingerprint density at radius 1 is 0.911 bits per heavy atom. The topological polar surface area (TPSA) is 124 Å². The van der Waals surface area contributed by atoms with Crippen LogP contribution in [-0.2, 0) is 27.2 Å². The van der Waals surface area contributed by atoms with Gasteiger partial charge in [0.2, 0.25) is 5.91 Å². The normalized spacial score (nSPS) is 14.8. The third kappa shape index (κ3) is 9.73. The van der Waals surface area contributed by atoms with Crippen LogP contribution in [0.1, 0.15) is 35.1 Å². The number of methoxy groups -OCH3 is 1. The molecule has 296 valence electrons. The van der Waals surface area contributed by atoms with Crippen LogP contribution in [0.5, 0.6) is 0 Å². The van der Waals surface area contributed by atoms with E-state index >= 15 is 0 Å². The van der Waals surface area contributed by atoms with Gasteiger partial charge in [0.1, 0.15) is 12.4 Å². The molecule has 1 aliphatic carbocycles. The molecule has 6 rings (SSSR count). The molecule has 2 aliphatic rings. The Hall–Kier alpha value is -4.88. The number of nitrogens with zero attached hydrogens (tertiary/aromatic N) is 3. The fraction of sp³-hybridized carbons (Fsp3) is 0.357. The minimum Gasteiger partial charge on any atom is -0.465 e. The Morgan fingerprint density at radius 3 is 2.23 bits per heavy atom. The summed E-state index contributed by atoms with van der Waals surface area (Å²) in [6, 6.07) is 24.9. The molecule has 56 heavy (non-hydrogen) atoms. The number of nitrogens with one attached hydrogen (secondary N) is 2. The molecule has 3 amide bonds. The van der Waals surface area contributed by atoms with Gasteiger partial charge in [0.25, 0.3) is 0 Å². The maximum absolute atomic E-state index is 14.9. The van der Waals surface area contributed by atoms with E-state index in [9.17, 15) is 18.8 Å². The number of fused-ring (bicyclic) bond motifs is 3. The fourth-order valence-corrected chi connectivity index (χ4v) is 8.02. The minimum atomic E-state index is -1.15. The smallest absolute Gasteiger partial charge is 0.410 e. The number of ether oxygens (including phenoxy) is 2. The highest BCUT2D eigenvalue weighted by Crippen LogP contribution is 2.44. The first kappa shape index (κ1) is 40.8. The molecule has 0 radical (unpaired) electrons. The minimum absolute atomic E-state index is 0.0751. The number of carbonyl (C=O) groups is 3. The van der Waals surface area contributed by atoms with E-state index in [2.05, 4.69) is 39.8 Å². The number of hydrogen-bond donors (Lipinski definition) is 3. The third-order valence-electron chi connectivity index (χ3n) is 10.4. The lowest BCUT2D eigenvalue weighted by Crippen LogP contribution is -2.55. The molecule has 4 aromatic carbocycles. The van der Waals surface area contributed by atoms with Crippen LogP contribution < -0.4 is 15.5 Å². The van der Waals surface area contributed by atoms with Gasteiger partial charge in [-0.15, -0.1) is 0 Å². The van der Waals surface area contributed by atoms with Crippen LogP contribution >= 0.6 is 23.2 Å². The average molecular weight is 807 g/mol. The van der Waals surface area contributed by atoms with E-state index in [1.165, 1.54) is 12.1 Å². The summed E-state index contributed by atoms with van der Waals surface area (Å²) < 4.78 is 26.4. The molecule has 0 spiro atoms. The maximum atomic E-state index is 14.9.